The summed E-state index contributed by atoms with van der Waals surface area (Å²) in [6, 6.07) is 8.70. The van der Waals surface area contributed by atoms with Gasteiger partial charge in [-0.2, -0.15) is 0 Å². The standard InChI is InChI=1S/C12H11NO3/c1-15-12(14)9-7-8(4-5-10(9)13)11-3-2-6-16-11/h2-7H,13H2,1H3. The lowest BCUT2D eigenvalue weighted by Gasteiger charge is -2.05. The van der Waals surface area contributed by atoms with Crippen LogP contribution in [0.1, 0.15) is 10.4 Å². The molecular formula is C12H11NO3. The monoisotopic (exact) mass is 217 g/mol. The minimum absolute atomic E-state index is 0.344. The van der Waals surface area contributed by atoms with Crippen molar-refractivity contribution in [3.05, 3.63) is 42.2 Å². The first-order valence-corrected chi connectivity index (χ1v) is 4.74. The number of rotatable bonds is 2. The van der Waals surface area contributed by atoms with E-state index in [0.29, 0.717) is 17.0 Å². The highest BCUT2D eigenvalue weighted by molar-refractivity contribution is 5.96. The Morgan fingerprint density at radius 1 is 1.38 bits per heavy atom. The van der Waals surface area contributed by atoms with E-state index in [0.717, 1.165) is 5.56 Å². The molecule has 0 bridgehead atoms. The summed E-state index contributed by atoms with van der Waals surface area (Å²) in [7, 11) is 1.32. The van der Waals surface area contributed by atoms with Crippen molar-refractivity contribution in [1.82, 2.24) is 0 Å². The van der Waals surface area contributed by atoms with E-state index in [2.05, 4.69) is 4.74 Å². The normalized spacial score (nSPS) is 10.1. The van der Waals surface area contributed by atoms with E-state index in [9.17, 15) is 4.79 Å². The first kappa shape index (κ1) is 10.3. The van der Waals surface area contributed by atoms with E-state index >= 15 is 0 Å². The Bertz CT molecular complexity index is 503. The van der Waals surface area contributed by atoms with Gasteiger partial charge in [0, 0.05) is 11.3 Å². The fraction of sp³-hybridized carbons (Fsp3) is 0.0833. The fourth-order valence-corrected chi connectivity index (χ4v) is 1.44. The number of esters is 1. The molecule has 2 aromatic rings. The van der Waals surface area contributed by atoms with Gasteiger partial charge >= 0.3 is 5.97 Å². The van der Waals surface area contributed by atoms with Gasteiger partial charge in [-0.15, -0.1) is 0 Å². The van der Waals surface area contributed by atoms with Gasteiger partial charge in [-0.1, -0.05) is 0 Å². The van der Waals surface area contributed by atoms with Gasteiger partial charge in [-0.3, -0.25) is 0 Å². The molecule has 2 rings (SSSR count). The largest absolute Gasteiger partial charge is 0.465 e. The lowest BCUT2D eigenvalue weighted by Crippen LogP contribution is -2.05. The number of nitrogen functional groups attached to an aromatic ring is 1. The van der Waals surface area contributed by atoms with E-state index in [1.165, 1.54) is 7.11 Å². The predicted octanol–water partition coefficient (Wildman–Crippen LogP) is 2.32. The van der Waals surface area contributed by atoms with Crippen LogP contribution in [-0.2, 0) is 4.74 Å². The van der Waals surface area contributed by atoms with Gasteiger partial charge in [0.2, 0.25) is 0 Å². The number of carbonyl (C=O) groups is 1. The molecule has 0 unspecified atom stereocenters. The Labute approximate surface area is 92.6 Å². The van der Waals surface area contributed by atoms with Crippen molar-refractivity contribution in [1.29, 1.82) is 0 Å². The Kier molecular flexibility index (Phi) is 2.64. The summed E-state index contributed by atoms with van der Waals surface area (Å²) in [5.41, 5.74) is 7.21. The molecule has 2 N–H and O–H groups in total. The van der Waals surface area contributed by atoms with Crippen molar-refractivity contribution in [2.45, 2.75) is 0 Å². The van der Waals surface area contributed by atoms with Crippen molar-refractivity contribution in [3.63, 3.8) is 0 Å². The van der Waals surface area contributed by atoms with Crippen LogP contribution in [0.5, 0.6) is 0 Å². The highest BCUT2D eigenvalue weighted by atomic mass is 16.5. The zero-order chi connectivity index (χ0) is 11.5. The lowest BCUT2D eigenvalue weighted by molar-refractivity contribution is 0.0602. The second-order valence-electron chi connectivity index (χ2n) is 3.27. The molecule has 1 aromatic carbocycles. The Hall–Kier alpha value is -2.23. The van der Waals surface area contributed by atoms with Crippen LogP contribution in [0.25, 0.3) is 11.3 Å². The van der Waals surface area contributed by atoms with Gasteiger partial charge in [-0.25, -0.2) is 4.79 Å². The predicted molar refractivity (Wildman–Crippen MR) is 59.9 cm³/mol. The van der Waals surface area contributed by atoms with E-state index in [1.807, 2.05) is 6.07 Å². The third kappa shape index (κ3) is 1.77. The minimum atomic E-state index is -0.453. The van der Waals surface area contributed by atoms with E-state index in [1.54, 1.807) is 30.5 Å². The van der Waals surface area contributed by atoms with Crippen LogP contribution in [-0.4, -0.2) is 13.1 Å². The number of ether oxygens (including phenoxy) is 1. The van der Waals surface area contributed by atoms with Crippen molar-refractivity contribution in [2.75, 3.05) is 12.8 Å². The number of hydrogen-bond donors (Lipinski definition) is 1. The van der Waals surface area contributed by atoms with Gasteiger partial charge in [0.25, 0.3) is 0 Å². The molecule has 0 aliphatic rings. The molecule has 0 aliphatic heterocycles. The van der Waals surface area contributed by atoms with Crippen molar-refractivity contribution in [2.24, 2.45) is 0 Å². The molecule has 16 heavy (non-hydrogen) atoms. The summed E-state index contributed by atoms with van der Waals surface area (Å²) < 4.78 is 9.87. The second kappa shape index (κ2) is 4.10. The number of carbonyl (C=O) groups excluding carboxylic acids is 1. The molecule has 1 aromatic heterocycles. The molecule has 0 radical (unpaired) electrons. The van der Waals surface area contributed by atoms with Crippen LogP contribution in [0.2, 0.25) is 0 Å². The van der Waals surface area contributed by atoms with Crippen LogP contribution in [0, 0.1) is 0 Å². The number of methoxy groups -OCH3 is 1. The average Bonchev–Trinajstić information content (AvgIpc) is 2.82. The van der Waals surface area contributed by atoms with Crippen LogP contribution in [0.4, 0.5) is 5.69 Å². The zero-order valence-electron chi connectivity index (χ0n) is 8.77. The molecule has 0 amide bonds. The maximum atomic E-state index is 11.4. The Morgan fingerprint density at radius 3 is 2.81 bits per heavy atom. The summed E-state index contributed by atoms with van der Waals surface area (Å²) >= 11 is 0. The molecule has 0 aliphatic carbocycles. The van der Waals surface area contributed by atoms with Gasteiger partial charge in [-0.05, 0) is 30.3 Å². The third-order valence-corrected chi connectivity index (χ3v) is 2.26. The molecule has 0 saturated heterocycles. The Balaban J connectivity index is 2.47. The van der Waals surface area contributed by atoms with Crippen LogP contribution < -0.4 is 5.73 Å². The third-order valence-electron chi connectivity index (χ3n) is 2.26. The lowest BCUT2D eigenvalue weighted by atomic mass is 10.1. The summed E-state index contributed by atoms with van der Waals surface area (Å²) in [4.78, 5) is 11.4. The molecule has 0 fully saturated rings. The Morgan fingerprint density at radius 2 is 2.19 bits per heavy atom. The van der Waals surface area contributed by atoms with Crippen molar-refractivity contribution in [3.8, 4) is 11.3 Å². The maximum absolute atomic E-state index is 11.4. The maximum Gasteiger partial charge on any atom is 0.339 e. The molecule has 0 saturated carbocycles. The van der Waals surface area contributed by atoms with Gasteiger partial charge in [0.05, 0.1) is 18.9 Å². The fourth-order valence-electron chi connectivity index (χ4n) is 1.44. The molecular weight excluding hydrogens is 206 g/mol. The van der Waals surface area contributed by atoms with Gasteiger partial charge in [0.1, 0.15) is 5.76 Å². The SMILES string of the molecule is COC(=O)c1cc(-c2ccco2)ccc1N. The second-order valence-corrected chi connectivity index (χ2v) is 3.27. The number of benzene rings is 1. The number of nitrogens with two attached hydrogens (primary N) is 1. The molecule has 0 atom stereocenters. The molecule has 82 valence electrons. The smallest absolute Gasteiger partial charge is 0.339 e. The highest BCUT2D eigenvalue weighted by Gasteiger charge is 2.12. The first-order valence-electron chi connectivity index (χ1n) is 4.74. The summed E-state index contributed by atoms with van der Waals surface area (Å²) in [5.74, 6) is 0.232. The van der Waals surface area contributed by atoms with Crippen molar-refractivity contribution >= 4 is 11.7 Å². The average molecular weight is 217 g/mol. The summed E-state index contributed by atoms with van der Waals surface area (Å²) in [6.07, 6.45) is 1.57. The van der Waals surface area contributed by atoms with Gasteiger partial charge in [0.15, 0.2) is 0 Å². The zero-order valence-corrected chi connectivity index (χ0v) is 8.77. The number of anilines is 1. The summed E-state index contributed by atoms with van der Waals surface area (Å²) in [6.45, 7) is 0. The van der Waals surface area contributed by atoms with Crippen LogP contribution >= 0.6 is 0 Å². The molecule has 4 nitrogen and oxygen atoms in total. The molecule has 1 heterocycles. The van der Waals surface area contributed by atoms with Crippen LogP contribution in [0.3, 0.4) is 0 Å². The summed E-state index contributed by atoms with van der Waals surface area (Å²) in [5, 5.41) is 0. The topological polar surface area (TPSA) is 65.5 Å². The quantitative estimate of drug-likeness (QED) is 0.619. The first-order chi connectivity index (χ1) is 7.72. The highest BCUT2D eigenvalue weighted by Crippen LogP contribution is 2.24. The van der Waals surface area contributed by atoms with Gasteiger partial charge < -0.3 is 14.9 Å². The van der Waals surface area contributed by atoms with E-state index in [4.69, 9.17) is 10.2 Å². The van der Waals surface area contributed by atoms with E-state index < -0.39 is 5.97 Å². The minimum Gasteiger partial charge on any atom is -0.465 e. The van der Waals surface area contributed by atoms with Crippen molar-refractivity contribution < 1.29 is 13.9 Å². The van der Waals surface area contributed by atoms with Crippen LogP contribution in [0.15, 0.2) is 41.0 Å². The number of furan rings is 1. The molecule has 4 heteroatoms. The molecule has 0 spiro atoms. The van der Waals surface area contributed by atoms with E-state index in [-0.39, 0.29) is 0 Å². The number of hydrogen-bond acceptors (Lipinski definition) is 4.